The largest absolute Gasteiger partial charge is 0.371 e. The Morgan fingerprint density at radius 1 is 0.971 bits per heavy atom. The van der Waals surface area contributed by atoms with Crippen LogP contribution in [0.5, 0.6) is 0 Å². The van der Waals surface area contributed by atoms with Crippen LogP contribution in [0.3, 0.4) is 0 Å². The molecule has 0 atom stereocenters. The maximum atomic E-state index is 13.1. The van der Waals surface area contributed by atoms with Crippen LogP contribution in [-0.2, 0) is 14.6 Å². The van der Waals surface area contributed by atoms with Crippen LogP contribution >= 0.6 is 0 Å². The minimum Gasteiger partial charge on any atom is -0.371 e. The second kappa shape index (κ2) is 10.0. The summed E-state index contributed by atoms with van der Waals surface area (Å²) < 4.78 is 23.6. The van der Waals surface area contributed by atoms with Gasteiger partial charge in [0.1, 0.15) is 12.0 Å². The quantitative estimate of drug-likeness (QED) is 0.337. The topological polar surface area (TPSA) is 121 Å². The van der Waals surface area contributed by atoms with Crippen molar-refractivity contribution in [3.05, 3.63) is 58.1 Å². The van der Waals surface area contributed by atoms with Gasteiger partial charge in [-0.1, -0.05) is 0 Å². The zero-order valence-electron chi connectivity index (χ0n) is 19.5. The third-order valence-electron chi connectivity index (χ3n) is 6.74. The zero-order valence-corrected chi connectivity index (χ0v) is 20.3. The molecule has 35 heavy (non-hydrogen) atoms. The van der Waals surface area contributed by atoms with Crippen molar-refractivity contribution in [3.63, 3.8) is 0 Å². The molecule has 0 aromatic heterocycles. The minimum atomic E-state index is -3.56. The number of amides is 1. The molecule has 2 fully saturated rings. The number of aldehydes is 1. The highest BCUT2D eigenvalue weighted by Crippen LogP contribution is 2.32. The number of hydrogen-bond donors (Lipinski definition) is 0. The lowest BCUT2D eigenvalue weighted by Gasteiger charge is -2.39. The van der Waals surface area contributed by atoms with Crippen LogP contribution in [0.25, 0.3) is 0 Å². The van der Waals surface area contributed by atoms with Crippen molar-refractivity contribution in [1.29, 1.82) is 0 Å². The number of nitro groups is 1. The monoisotopic (exact) mass is 500 g/mol. The molecule has 2 saturated heterocycles. The van der Waals surface area contributed by atoms with E-state index in [0.717, 1.165) is 50.2 Å². The van der Waals surface area contributed by atoms with Crippen LogP contribution in [-0.4, -0.2) is 76.0 Å². The summed E-state index contributed by atoms with van der Waals surface area (Å²) in [7, 11) is -3.56. The van der Waals surface area contributed by atoms with Crippen molar-refractivity contribution in [2.24, 2.45) is 5.92 Å². The molecule has 4 rings (SSSR count). The molecule has 0 spiro atoms. The number of piperazine rings is 1. The smallest absolute Gasteiger partial charge is 0.293 e. The molecule has 2 aromatic rings. The van der Waals surface area contributed by atoms with Gasteiger partial charge in [-0.15, -0.1) is 0 Å². The lowest BCUT2D eigenvalue weighted by Crippen LogP contribution is -2.51. The van der Waals surface area contributed by atoms with Crippen molar-refractivity contribution in [2.75, 3.05) is 55.3 Å². The van der Waals surface area contributed by atoms with Gasteiger partial charge in [0, 0.05) is 68.8 Å². The van der Waals surface area contributed by atoms with E-state index in [4.69, 9.17) is 0 Å². The van der Waals surface area contributed by atoms with E-state index in [1.807, 2.05) is 21.9 Å². The Morgan fingerprint density at radius 2 is 1.60 bits per heavy atom. The molecule has 0 radical (unpaired) electrons. The highest BCUT2D eigenvalue weighted by molar-refractivity contribution is 7.90. The predicted molar refractivity (Wildman–Crippen MR) is 132 cm³/mol. The number of piperidine rings is 1. The van der Waals surface area contributed by atoms with Gasteiger partial charge in [-0.25, -0.2) is 8.42 Å². The van der Waals surface area contributed by atoms with E-state index in [1.165, 1.54) is 12.1 Å². The molecule has 0 saturated carbocycles. The third-order valence-corrected chi connectivity index (χ3v) is 7.85. The van der Waals surface area contributed by atoms with E-state index in [1.54, 1.807) is 12.1 Å². The molecule has 186 valence electrons. The van der Waals surface area contributed by atoms with Crippen molar-refractivity contribution in [2.45, 2.75) is 17.7 Å². The van der Waals surface area contributed by atoms with Crippen molar-refractivity contribution in [3.8, 4) is 0 Å². The molecular weight excluding hydrogens is 472 g/mol. The summed E-state index contributed by atoms with van der Waals surface area (Å²) in [5.41, 5.74) is 1.79. The zero-order chi connectivity index (χ0) is 25.2. The number of carbonyl (C=O) groups excluding carboxylic acids is 2. The first-order valence-electron chi connectivity index (χ1n) is 11.5. The molecule has 2 aromatic carbocycles. The molecule has 2 aliphatic rings. The summed E-state index contributed by atoms with van der Waals surface area (Å²) in [5.74, 6) is 0.0537. The summed E-state index contributed by atoms with van der Waals surface area (Å²) >= 11 is 0. The summed E-state index contributed by atoms with van der Waals surface area (Å²) in [4.78, 5) is 40.8. The SMILES string of the molecule is CS(=O)(=O)c1ccc(N2CCN(C(=O)C3CCN(c4ccc(C=O)cc4)CC3)CC2)c([N+](=O)[O-])c1. The first kappa shape index (κ1) is 24.6. The second-order valence-electron chi connectivity index (χ2n) is 8.96. The Labute approximate surface area is 204 Å². The van der Waals surface area contributed by atoms with Crippen LogP contribution in [0.2, 0.25) is 0 Å². The molecule has 0 aliphatic carbocycles. The molecule has 0 N–H and O–H groups in total. The molecule has 1 amide bonds. The van der Waals surface area contributed by atoms with E-state index < -0.39 is 14.8 Å². The van der Waals surface area contributed by atoms with Gasteiger partial charge in [-0.2, -0.15) is 0 Å². The van der Waals surface area contributed by atoms with Crippen LogP contribution < -0.4 is 9.80 Å². The molecule has 0 bridgehead atoms. The molecule has 11 heteroatoms. The molecule has 2 aliphatic heterocycles. The van der Waals surface area contributed by atoms with E-state index in [0.29, 0.717) is 37.4 Å². The van der Waals surface area contributed by atoms with Crippen LogP contribution in [0.4, 0.5) is 17.1 Å². The molecule has 2 heterocycles. The summed E-state index contributed by atoms with van der Waals surface area (Å²) in [5, 5.41) is 11.6. The van der Waals surface area contributed by atoms with Crippen molar-refractivity contribution in [1.82, 2.24) is 4.90 Å². The minimum absolute atomic E-state index is 0.0598. The van der Waals surface area contributed by atoms with Crippen LogP contribution in [0.15, 0.2) is 47.4 Å². The number of nitrogens with zero attached hydrogens (tertiary/aromatic N) is 4. The van der Waals surface area contributed by atoms with Crippen LogP contribution in [0.1, 0.15) is 23.2 Å². The van der Waals surface area contributed by atoms with Gasteiger partial charge >= 0.3 is 0 Å². The Morgan fingerprint density at radius 3 is 2.14 bits per heavy atom. The van der Waals surface area contributed by atoms with Gasteiger partial charge in [0.2, 0.25) is 5.91 Å². The number of hydrogen-bond acceptors (Lipinski definition) is 8. The summed E-state index contributed by atoms with van der Waals surface area (Å²) in [6.45, 7) is 3.30. The van der Waals surface area contributed by atoms with Crippen molar-refractivity contribution < 1.29 is 22.9 Å². The highest BCUT2D eigenvalue weighted by Gasteiger charge is 2.32. The standard InChI is InChI=1S/C24H28N4O6S/c1-35(33,34)21-6-7-22(23(16-21)28(31)32)26-12-14-27(15-13-26)24(30)19-8-10-25(11-9-19)20-4-2-18(17-29)3-5-20/h2-7,16-17,19H,8-15H2,1H3. The van der Waals surface area contributed by atoms with E-state index in [9.17, 15) is 28.1 Å². The average molecular weight is 501 g/mol. The average Bonchev–Trinajstić information content (AvgIpc) is 2.87. The number of anilines is 2. The lowest BCUT2D eigenvalue weighted by molar-refractivity contribution is -0.384. The maximum absolute atomic E-state index is 13.1. The number of carbonyl (C=O) groups is 2. The first-order valence-corrected chi connectivity index (χ1v) is 13.4. The fraction of sp³-hybridized carbons (Fsp3) is 0.417. The highest BCUT2D eigenvalue weighted by atomic mass is 32.2. The third kappa shape index (κ3) is 5.45. The lowest BCUT2D eigenvalue weighted by atomic mass is 9.94. The van der Waals surface area contributed by atoms with Gasteiger partial charge in [-0.05, 0) is 49.2 Å². The maximum Gasteiger partial charge on any atom is 0.293 e. The van der Waals surface area contributed by atoms with Crippen molar-refractivity contribution >= 4 is 39.1 Å². The van der Waals surface area contributed by atoms with Gasteiger partial charge in [0.15, 0.2) is 9.84 Å². The molecule has 0 unspecified atom stereocenters. The van der Waals surface area contributed by atoms with E-state index in [2.05, 4.69) is 4.90 Å². The molecule has 10 nitrogen and oxygen atoms in total. The number of benzene rings is 2. The fourth-order valence-corrected chi connectivity index (χ4v) is 5.36. The second-order valence-corrected chi connectivity index (χ2v) is 11.0. The predicted octanol–water partition coefficient (Wildman–Crippen LogP) is 2.38. The molecular formula is C24H28N4O6S. The number of rotatable bonds is 6. The Kier molecular flexibility index (Phi) is 7.06. The first-order chi connectivity index (χ1) is 16.7. The van der Waals surface area contributed by atoms with Crippen LogP contribution in [0, 0.1) is 16.0 Å². The normalized spacial score (nSPS) is 17.3. The number of sulfone groups is 1. The Bertz CT molecular complexity index is 1220. The van der Waals surface area contributed by atoms with Gasteiger partial charge in [0.25, 0.3) is 5.69 Å². The van der Waals surface area contributed by atoms with Gasteiger partial charge in [0.05, 0.1) is 9.82 Å². The summed E-state index contributed by atoms with van der Waals surface area (Å²) in [6.07, 6.45) is 3.32. The Balaban J connectivity index is 1.35. The Hall–Kier alpha value is -3.47. The number of nitro benzene ring substituents is 1. The van der Waals surface area contributed by atoms with Gasteiger partial charge < -0.3 is 14.7 Å². The van der Waals surface area contributed by atoms with Gasteiger partial charge in [-0.3, -0.25) is 19.7 Å². The fourth-order valence-electron chi connectivity index (χ4n) is 4.72. The van der Waals surface area contributed by atoms with E-state index >= 15 is 0 Å². The summed E-state index contributed by atoms with van der Waals surface area (Å²) in [6, 6.07) is 11.4. The van der Waals surface area contributed by atoms with E-state index in [-0.39, 0.29) is 22.4 Å².